The minimum Gasteiger partial charge on any atom is -0.306 e. The van der Waals surface area contributed by atoms with Gasteiger partial charge in [0.15, 0.2) is 0 Å². The number of nitrogens with one attached hydrogen (secondary N) is 1. The topological polar surface area (TPSA) is 59.8 Å². The maximum absolute atomic E-state index is 13.8. The average Bonchev–Trinajstić information content (AvgIpc) is 2.92. The summed E-state index contributed by atoms with van der Waals surface area (Å²) < 4.78 is 28.6. The van der Waals surface area contributed by atoms with E-state index in [1.807, 2.05) is 0 Å². The van der Waals surface area contributed by atoms with Crippen molar-refractivity contribution < 1.29 is 13.6 Å². The van der Waals surface area contributed by atoms with Crippen molar-refractivity contribution in [3.8, 4) is 0 Å². The maximum atomic E-state index is 13.8. The zero-order valence-corrected chi connectivity index (χ0v) is 13.9. The number of hydrogen-bond acceptors (Lipinski definition) is 3. The molecule has 25 heavy (non-hydrogen) atoms. The number of carbonyl (C=O) groups excluding carboxylic acids is 1. The number of halogens is 3. The standard InChI is InChI=1S/C17H13ClF2N4O/c1-10-7-22-24(9-12-6-13(19)3-4-14(12)20)16(10)23-17(25)11-2-5-15(18)21-8-11/h2-8H,9H2,1H3,(H,23,25). The Hall–Kier alpha value is -2.80. The van der Waals surface area contributed by atoms with Crippen LogP contribution in [0.15, 0.2) is 42.7 Å². The molecule has 1 aromatic carbocycles. The molecule has 1 N–H and O–H groups in total. The molecule has 128 valence electrons. The molecule has 2 heterocycles. The van der Waals surface area contributed by atoms with E-state index in [2.05, 4.69) is 15.4 Å². The lowest BCUT2D eigenvalue weighted by molar-refractivity contribution is 0.102. The molecule has 5 nitrogen and oxygen atoms in total. The number of benzene rings is 1. The molecule has 2 aromatic heterocycles. The zero-order chi connectivity index (χ0) is 18.0. The number of rotatable bonds is 4. The van der Waals surface area contributed by atoms with Crippen molar-refractivity contribution in [2.75, 3.05) is 5.32 Å². The van der Waals surface area contributed by atoms with E-state index in [1.165, 1.54) is 29.2 Å². The van der Waals surface area contributed by atoms with Crippen LogP contribution in [0.25, 0.3) is 0 Å². The van der Waals surface area contributed by atoms with Crippen molar-refractivity contribution >= 4 is 23.3 Å². The molecule has 8 heteroatoms. The molecule has 0 bridgehead atoms. The van der Waals surface area contributed by atoms with Crippen LogP contribution in [-0.4, -0.2) is 20.7 Å². The Kier molecular flexibility index (Phi) is 4.76. The number of amides is 1. The Morgan fingerprint density at radius 1 is 1.24 bits per heavy atom. The van der Waals surface area contributed by atoms with Crippen LogP contribution in [0.5, 0.6) is 0 Å². The van der Waals surface area contributed by atoms with Gasteiger partial charge in [-0.15, -0.1) is 0 Å². The van der Waals surface area contributed by atoms with E-state index in [0.717, 1.165) is 18.2 Å². The lowest BCUT2D eigenvalue weighted by Gasteiger charge is -2.11. The van der Waals surface area contributed by atoms with Gasteiger partial charge in [0.25, 0.3) is 5.91 Å². The minimum atomic E-state index is -0.547. The number of pyridine rings is 1. The normalized spacial score (nSPS) is 10.7. The molecule has 0 saturated heterocycles. The van der Waals surface area contributed by atoms with Gasteiger partial charge in [-0.25, -0.2) is 18.4 Å². The largest absolute Gasteiger partial charge is 0.306 e. The number of hydrogen-bond donors (Lipinski definition) is 1. The summed E-state index contributed by atoms with van der Waals surface area (Å²) in [6.07, 6.45) is 2.88. The molecule has 0 spiro atoms. The van der Waals surface area contributed by atoms with Crippen LogP contribution in [0, 0.1) is 18.6 Å². The van der Waals surface area contributed by atoms with Gasteiger partial charge in [0.1, 0.15) is 22.6 Å². The predicted molar refractivity (Wildman–Crippen MR) is 89.6 cm³/mol. The van der Waals surface area contributed by atoms with Gasteiger partial charge < -0.3 is 5.32 Å². The van der Waals surface area contributed by atoms with Crippen molar-refractivity contribution in [1.82, 2.24) is 14.8 Å². The van der Waals surface area contributed by atoms with Gasteiger partial charge in [0, 0.05) is 17.3 Å². The molecular weight excluding hydrogens is 350 g/mol. The highest BCUT2D eigenvalue weighted by Gasteiger charge is 2.15. The molecule has 0 aliphatic carbocycles. The Balaban J connectivity index is 1.85. The van der Waals surface area contributed by atoms with Crippen LogP contribution in [-0.2, 0) is 6.54 Å². The number of carbonyl (C=O) groups is 1. The van der Waals surface area contributed by atoms with Gasteiger partial charge in [-0.05, 0) is 37.3 Å². The summed E-state index contributed by atoms with van der Waals surface area (Å²) >= 11 is 5.70. The Morgan fingerprint density at radius 2 is 2.04 bits per heavy atom. The molecule has 1 amide bonds. The molecule has 3 aromatic rings. The van der Waals surface area contributed by atoms with Crippen LogP contribution in [0.4, 0.5) is 14.6 Å². The molecular formula is C17H13ClF2N4O. The van der Waals surface area contributed by atoms with Gasteiger partial charge in [0.05, 0.1) is 18.3 Å². The fourth-order valence-corrected chi connectivity index (χ4v) is 2.39. The van der Waals surface area contributed by atoms with Crippen LogP contribution in [0.1, 0.15) is 21.5 Å². The third-order valence-electron chi connectivity index (χ3n) is 3.57. The Bertz CT molecular complexity index is 925. The molecule has 3 rings (SSSR count). The fourth-order valence-electron chi connectivity index (χ4n) is 2.28. The van der Waals surface area contributed by atoms with E-state index in [9.17, 15) is 13.6 Å². The molecule has 0 saturated carbocycles. The van der Waals surface area contributed by atoms with Gasteiger partial charge >= 0.3 is 0 Å². The third kappa shape index (κ3) is 3.83. The quantitative estimate of drug-likeness (QED) is 0.718. The smallest absolute Gasteiger partial charge is 0.258 e. The molecule has 0 aliphatic rings. The third-order valence-corrected chi connectivity index (χ3v) is 3.80. The van der Waals surface area contributed by atoms with E-state index >= 15 is 0 Å². The van der Waals surface area contributed by atoms with Crippen molar-refractivity contribution in [1.29, 1.82) is 0 Å². The molecule has 0 radical (unpaired) electrons. The fraction of sp³-hybridized carbons (Fsp3) is 0.118. The first-order chi connectivity index (χ1) is 11.9. The Morgan fingerprint density at radius 3 is 2.76 bits per heavy atom. The van der Waals surface area contributed by atoms with Gasteiger partial charge in [-0.1, -0.05) is 11.6 Å². The van der Waals surface area contributed by atoms with Crippen LogP contribution >= 0.6 is 11.6 Å². The van der Waals surface area contributed by atoms with E-state index < -0.39 is 17.5 Å². The highest BCUT2D eigenvalue weighted by Crippen LogP contribution is 2.19. The number of anilines is 1. The van der Waals surface area contributed by atoms with Crippen molar-refractivity contribution in [2.24, 2.45) is 0 Å². The highest BCUT2D eigenvalue weighted by molar-refractivity contribution is 6.29. The molecule has 0 atom stereocenters. The summed E-state index contributed by atoms with van der Waals surface area (Å²) in [5, 5.41) is 7.11. The lowest BCUT2D eigenvalue weighted by atomic mass is 10.2. The van der Waals surface area contributed by atoms with Crippen LogP contribution in [0.3, 0.4) is 0 Å². The monoisotopic (exact) mass is 362 g/mol. The summed E-state index contributed by atoms with van der Waals surface area (Å²) in [6, 6.07) is 6.23. The summed E-state index contributed by atoms with van der Waals surface area (Å²) in [6.45, 7) is 1.73. The van der Waals surface area contributed by atoms with Gasteiger partial charge in [-0.3, -0.25) is 4.79 Å². The predicted octanol–water partition coefficient (Wildman–Crippen LogP) is 3.82. The van der Waals surface area contributed by atoms with E-state index in [1.54, 1.807) is 6.92 Å². The summed E-state index contributed by atoms with van der Waals surface area (Å²) in [7, 11) is 0. The van der Waals surface area contributed by atoms with E-state index in [0.29, 0.717) is 16.9 Å². The first-order valence-corrected chi connectivity index (χ1v) is 7.71. The second kappa shape index (κ2) is 6.98. The maximum Gasteiger partial charge on any atom is 0.258 e. The van der Waals surface area contributed by atoms with E-state index in [-0.39, 0.29) is 17.3 Å². The first-order valence-electron chi connectivity index (χ1n) is 7.33. The zero-order valence-electron chi connectivity index (χ0n) is 13.1. The van der Waals surface area contributed by atoms with E-state index in [4.69, 9.17) is 11.6 Å². The minimum absolute atomic E-state index is 0.0219. The first kappa shape index (κ1) is 17.0. The highest BCUT2D eigenvalue weighted by atomic mass is 35.5. The molecule has 0 aliphatic heterocycles. The SMILES string of the molecule is Cc1cnn(Cc2cc(F)ccc2F)c1NC(=O)c1ccc(Cl)nc1. The average molecular weight is 363 g/mol. The van der Waals surface area contributed by atoms with Crippen molar-refractivity contribution in [3.63, 3.8) is 0 Å². The number of nitrogens with zero attached hydrogens (tertiary/aromatic N) is 3. The second-order valence-electron chi connectivity index (χ2n) is 5.39. The summed E-state index contributed by atoms with van der Waals surface area (Å²) in [5.74, 6) is -1.11. The molecule has 0 fully saturated rings. The lowest BCUT2D eigenvalue weighted by Crippen LogP contribution is -2.17. The summed E-state index contributed by atoms with van der Waals surface area (Å²) in [5.41, 5.74) is 1.13. The summed E-state index contributed by atoms with van der Waals surface area (Å²) in [4.78, 5) is 16.2. The van der Waals surface area contributed by atoms with Crippen molar-refractivity contribution in [2.45, 2.75) is 13.5 Å². The number of aromatic nitrogens is 3. The van der Waals surface area contributed by atoms with Gasteiger partial charge in [-0.2, -0.15) is 5.10 Å². The van der Waals surface area contributed by atoms with Crippen molar-refractivity contribution in [3.05, 3.63) is 76.2 Å². The van der Waals surface area contributed by atoms with Crippen LogP contribution < -0.4 is 5.32 Å². The number of aryl methyl sites for hydroxylation is 1. The Labute approximate surface area is 147 Å². The second-order valence-corrected chi connectivity index (χ2v) is 5.78. The molecule has 0 unspecified atom stereocenters. The van der Waals surface area contributed by atoms with Crippen LogP contribution in [0.2, 0.25) is 5.15 Å². The van der Waals surface area contributed by atoms with Gasteiger partial charge in [0.2, 0.25) is 0 Å².